The number of carbonyl (C=O) groups excluding carboxylic acids is 1. The van der Waals surface area contributed by atoms with Crippen LogP contribution >= 0.6 is 0 Å². The molecule has 4 fully saturated rings. The number of fused-ring (bicyclic) bond motifs is 2. The first-order valence-electron chi connectivity index (χ1n) is 12.8. The van der Waals surface area contributed by atoms with Gasteiger partial charge in [0.2, 0.25) is 5.95 Å². The largest absolute Gasteiger partial charge is 0.441 e. The molecule has 6 atom stereocenters. The highest BCUT2D eigenvalue weighted by molar-refractivity contribution is 5.68. The summed E-state index contributed by atoms with van der Waals surface area (Å²) in [7, 11) is 0. The summed E-state index contributed by atoms with van der Waals surface area (Å²) in [6.07, 6.45) is 2.47. The fraction of sp³-hybridized carbons (Fsp3) is 0.583. The number of ether oxygens (including phenoxy) is 2. The zero-order chi connectivity index (χ0) is 26.0. The third kappa shape index (κ3) is 4.25. The zero-order valence-electron chi connectivity index (χ0n) is 20.3. The number of likely N-dealkylation sites (tertiary alicyclic amines) is 1. The van der Waals surface area contributed by atoms with E-state index >= 15 is 4.39 Å². The average Bonchev–Trinajstić information content (AvgIpc) is 3.55. The number of nitrogens with one attached hydrogen (secondary N) is 3. The number of aromatic amines is 1. The fourth-order valence-corrected chi connectivity index (χ4v) is 5.90. The molecular formula is C24H27F3N8O3. The van der Waals surface area contributed by atoms with E-state index in [0.29, 0.717) is 41.3 Å². The molecule has 1 amide bonds. The Morgan fingerprint density at radius 3 is 2.92 bits per heavy atom. The predicted octanol–water partition coefficient (Wildman–Crippen LogP) is 2.95. The van der Waals surface area contributed by atoms with Gasteiger partial charge in [0.05, 0.1) is 31.1 Å². The minimum Gasteiger partial charge on any atom is -0.441 e. The number of hydrogen-bond donors (Lipinski definition) is 3. The van der Waals surface area contributed by atoms with Gasteiger partial charge >= 0.3 is 6.09 Å². The number of anilines is 2. The van der Waals surface area contributed by atoms with Crippen LogP contribution in [0.1, 0.15) is 36.8 Å². The monoisotopic (exact) mass is 532 g/mol. The number of H-pyrrole nitrogens is 1. The molecule has 2 saturated heterocycles. The van der Waals surface area contributed by atoms with E-state index in [-0.39, 0.29) is 25.7 Å². The first-order chi connectivity index (χ1) is 18.3. The summed E-state index contributed by atoms with van der Waals surface area (Å²) in [6.45, 7) is -0.309. The first-order valence-corrected chi connectivity index (χ1v) is 12.8. The van der Waals surface area contributed by atoms with Crippen molar-refractivity contribution in [2.24, 2.45) is 11.8 Å². The molecule has 3 aromatic heterocycles. The number of amides is 1. The Bertz CT molecular complexity index is 1360. The van der Waals surface area contributed by atoms with Gasteiger partial charge in [-0.05, 0) is 37.2 Å². The van der Waals surface area contributed by atoms with Gasteiger partial charge in [0.15, 0.2) is 18.1 Å². The molecule has 2 saturated carbocycles. The molecule has 3 N–H and O–H groups in total. The Labute approximate surface area is 215 Å². The van der Waals surface area contributed by atoms with Crippen molar-refractivity contribution >= 4 is 23.5 Å². The highest BCUT2D eigenvalue weighted by atomic mass is 19.3. The van der Waals surface area contributed by atoms with Crippen LogP contribution in [-0.4, -0.2) is 79.5 Å². The number of alkyl halides is 3. The zero-order valence-corrected chi connectivity index (χ0v) is 20.3. The summed E-state index contributed by atoms with van der Waals surface area (Å²) in [6, 6.07) is 3.44. The molecule has 3 aromatic rings. The highest BCUT2D eigenvalue weighted by Gasteiger charge is 2.48. The molecule has 5 heterocycles. The van der Waals surface area contributed by atoms with E-state index in [0.717, 1.165) is 18.8 Å². The lowest BCUT2D eigenvalue weighted by molar-refractivity contribution is -0.134. The van der Waals surface area contributed by atoms with Gasteiger partial charge < -0.3 is 20.1 Å². The van der Waals surface area contributed by atoms with Crippen molar-refractivity contribution in [3.8, 4) is 0 Å². The lowest BCUT2D eigenvalue weighted by Crippen LogP contribution is -2.57. The van der Waals surface area contributed by atoms with Crippen LogP contribution in [0.15, 0.2) is 24.5 Å². The number of halogens is 3. The Hall–Kier alpha value is -3.39. The normalized spacial score (nSPS) is 31.7. The Morgan fingerprint density at radius 2 is 2.18 bits per heavy atom. The van der Waals surface area contributed by atoms with Crippen molar-refractivity contribution in [2.45, 2.75) is 56.2 Å². The molecule has 0 radical (unpaired) electrons. The molecule has 3 unspecified atom stereocenters. The van der Waals surface area contributed by atoms with Gasteiger partial charge in [-0.2, -0.15) is 5.10 Å². The van der Waals surface area contributed by atoms with E-state index in [1.807, 2.05) is 0 Å². The van der Waals surface area contributed by atoms with Crippen LogP contribution in [0.5, 0.6) is 0 Å². The standard InChI is InChI=1S/C24H27F3N8O3/c25-20-17(38-23(36)30-15-5-12-1-2-14(12)15)9-37-21(20)16-6-18(33-32-16)31-22-28-4-3-19-29-13(8-35(19)22)7-34-10-24(26,27)11-34/h3-4,6,8,12,14-15,17,20-21H,1-2,5,7,9-11H2,(H,30,36)(H2,28,31,32,33)/t12?,14?,15?,17-,20-,21-/m0/s1. The number of alkyl carbamates (subject to hydrolysis) is 1. The van der Waals surface area contributed by atoms with E-state index in [2.05, 4.69) is 30.8 Å². The fourth-order valence-electron chi connectivity index (χ4n) is 5.90. The maximum atomic E-state index is 15.1. The van der Waals surface area contributed by atoms with Crippen molar-refractivity contribution in [3.05, 3.63) is 35.9 Å². The molecule has 4 aliphatic rings. The minimum absolute atomic E-state index is 0.0562. The molecule has 2 aliphatic carbocycles. The van der Waals surface area contributed by atoms with E-state index < -0.39 is 30.4 Å². The van der Waals surface area contributed by atoms with E-state index in [4.69, 9.17) is 9.47 Å². The number of nitrogens with zero attached hydrogens (tertiary/aromatic N) is 5. The third-order valence-electron chi connectivity index (χ3n) is 8.07. The molecule has 0 spiro atoms. The van der Waals surface area contributed by atoms with Crippen LogP contribution in [-0.2, 0) is 16.0 Å². The smallest absolute Gasteiger partial charge is 0.407 e. The van der Waals surface area contributed by atoms with Gasteiger partial charge in [0.1, 0.15) is 11.8 Å². The van der Waals surface area contributed by atoms with Gasteiger partial charge in [0, 0.05) is 31.0 Å². The summed E-state index contributed by atoms with van der Waals surface area (Å²) in [5.74, 6) is -0.609. The van der Waals surface area contributed by atoms with Gasteiger partial charge in [-0.15, -0.1) is 0 Å². The van der Waals surface area contributed by atoms with Crippen LogP contribution < -0.4 is 10.6 Å². The Kier molecular flexibility index (Phi) is 5.51. The van der Waals surface area contributed by atoms with Crippen molar-refractivity contribution < 1.29 is 27.4 Å². The van der Waals surface area contributed by atoms with Crippen LogP contribution in [0.2, 0.25) is 0 Å². The number of aromatic nitrogens is 5. The summed E-state index contributed by atoms with van der Waals surface area (Å²) >= 11 is 0. The Balaban J connectivity index is 0.974. The third-order valence-corrected chi connectivity index (χ3v) is 8.07. The summed E-state index contributed by atoms with van der Waals surface area (Å²) < 4.78 is 54.1. The van der Waals surface area contributed by atoms with Crippen molar-refractivity contribution in [3.63, 3.8) is 0 Å². The maximum absolute atomic E-state index is 15.1. The van der Waals surface area contributed by atoms with Gasteiger partial charge in [-0.3, -0.25) is 14.4 Å². The molecule has 14 heteroatoms. The van der Waals surface area contributed by atoms with E-state index in [9.17, 15) is 13.6 Å². The number of imidazole rings is 1. The Morgan fingerprint density at radius 1 is 1.32 bits per heavy atom. The molecule has 38 heavy (non-hydrogen) atoms. The first kappa shape index (κ1) is 23.7. The second kappa shape index (κ2) is 8.83. The van der Waals surface area contributed by atoms with E-state index in [1.165, 1.54) is 6.42 Å². The van der Waals surface area contributed by atoms with Gasteiger partial charge in [-0.1, -0.05) is 0 Å². The lowest BCUT2D eigenvalue weighted by atomic mass is 9.56. The van der Waals surface area contributed by atoms with Crippen LogP contribution in [0.3, 0.4) is 0 Å². The van der Waals surface area contributed by atoms with Crippen LogP contribution in [0.4, 0.5) is 29.7 Å². The second-order valence-electron chi connectivity index (χ2n) is 10.7. The molecule has 202 valence electrons. The predicted molar refractivity (Wildman–Crippen MR) is 127 cm³/mol. The topological polar surface area (TPSA) is 122 Å². The lowest BCUT2D eigenvalue weighted by Gasteiger charge is -2.52. The molecular weight excluding hydrogens is 505 g/mol. The highest BCUT2D eigenvalue weighted by Crippen LogP contribution is 2.50. The minimum atomic E-state index is -2.64. The van der Waals surface area contributed by atoms with Crippen molar-refractivity contribution in [1.82, 2.24) is 34.8 Å². The molecule has 7 rings (SSSR count). The number of carbonyl (C=O) groups is 1. The maximum Gasteiger partial charge on any atom is 0.407 e. The number of rotatable bonds is 7. The summed E-state index contributed by atoms with van der Waals surface area (Å²) in [5.41, 5.74) is 1.62. The second-order valence-corrected chi connectivity index (χ2v) is 10.7. The van der Waals surface area contributed by atoms with E-state index in [1.54, 1.807) is 33.8 Å². The molecule has 11 nitrogen and oxygen atoms in total. The van der Waals surface area contributed by atoms with Crippen molar-refractivity contribution in [1.29, 1.82) is 0 Å². The molecule has 0 aromatic carbocycles. The SMILES string of the molecule is O=C(NC1CC2CCC21)O[C@H]1CO[C@@H](c2cc(Nc3nccc4nc(CN5CC(F)(F)C5)cn34)n[nH]2)[C@H]1F. The quantitative estimate of drug-likeness (QED) is 0.425. The van der Waals surface area contributed by atoms with Crippen molar-refractivity contribution in [2.75, 3.05) is 25.0 Å². The molecule has 2 aliphatic heterocycles. The molecule has 0 bridgehead atoms. The van der Waals surface area contributed by atoms with Crippen LogP contribution in [0.25, 0.3) is 5.65 Å². The summed E-state index contributed by atoms with van der Waals surface area (Å²) in [4.78, 5) is 22.7. The van der Waals surface area contributed by atoms with Gasteiger partial charge in [0.25, 0.3) is 5.92 Å². The van der Waals surface area contributed by atoms with Gasteiger partial charge in [-0.25, -0.2) is 27.9 Å². The average molecular weight is 533 g/mol. The number of hydrogen-bond acceptors (Lipinski definition) is 8. The van der Waals surface area contributed by atoms with Crippen LogP contribution in [0, 0.1) is 11.8 Å². The summed E-state index contributed by atoms with van der Waals surface area (Å²) in [5, 5.41) is 12.9.